The molecule has 0 atom stereocenters. The predicted octanol–water partition coefficient (Wildman–Crippen LogP) is 3.59. The average molecular weight is 275 g/mol. The molecule has 1 saturated heterocycles. The van der Waals surface area contributed by atoms with E-state index in [2.05, 4.69) is 32.0 Å². The fraction of sp³-hybridized carbons (Fsp3) is 0.588. The van der Waals surface area contributed by atoms with Crippen molar-refractivity contribution in [1.29, 1.82) is 0 Å². The number of nitrogens with zero attached hydrogens (tertiary/aromatic N) is 1. The standard InChI is InChI=1S/C17H25NO2/c1-4-17(19)18-11-9-14(10-12-18)20-16-8-6-5-7-15(16)13(2)3/h5-8,13-14H,4,9-12H2,1-3H3. The van der Waals surface area contributed by atoms with Gasteiger partial charge < -0.3 is 9.64 Å². The SMILES string of the molecule is CCC(=O)N1CCC(Oc2ccccc2C(C)C)CC1. The van der Waals surface area contributed by atoms with Crippen LogP contribution < -0.4 is 4.74 Å². The first kappa shape index (κ1) is 14.9. The average Bonchev–Trinajstić information content (AvgIpc) is 2.47. The molecular formula is C17H25NO2. The Balaban J connectivity index is 1.94. The lowest BCUT2D eigenvalue weighted by Crippen LogP contribution is -2.41. The molecule has 2 rings (SSSR count). The first-order valence-electron chi connectivity index (χ1n) is 7.65. The van der Waals surface area contributed by atoms with Gasteiger partial charge in [-0.1, -0.05) is 39.0 Å². The third-order valence-corrected chi connectivity index (χ3v) is 3.93. The minimum atomic E-state index is 0.232. The van der Waals surface area contributed by atoms with Gasteiger partial charge in [-0.15, -0.1) is 0 Å². The number of hydrogen-bond donors (Lipinski definition) is 0. The number of piperidine rings is 1. The summed E-state index contributed by atoms with van der Waals surface area (Å²) in [6.07, 6.45) is 2.69. The Morgan fingerprint density at radius 3 is 2.55 bits per heavy atom. The molecule has 0 N–H and O–H groups in total. The van der Waals surface area contributed by atoms with Gasteiger partial charge in [-0.3, -0.25) is 4.79 Å². The molecule has 0 bridgehead atoms. The van der Waals surface area contributed by atoms with Crippen LogP contribution in [0.4, 0.5) is 0 Å². The molecule has 1 aliphatic rings. The van der Waals surface area contributed by atoms with Gasteiger partial charge in [0.1, 0.15) is 11.9 Å². The number of likely N-dealkylation sites (tertiary alicyclic amines) is 1. The third-order valence-electron chi connectivity index (χ3n) is 3.93. The Labute approximate surface area is 121 Å². The Morgan fingerprint density at radius 1 is 1.30 bits per heavy atom. The fourth-order valence-electron chi connectivity index (χ4n) is 2.69. The van der Waals surface area contributed by atoms with E-state index >= 15 is 0 Å². The monoisotopic (exact) mass is 275 g/mol. The summed E-state index contributed by atoms with van der Waals surface area (Å²) in [4.78, 5) is 13.6. The van der Waals surface area contributed by atoms with Crippen molar-refractivity contribution in [1.82, 2.24) is 4.90 Å². The molecule has 0 aliphatic carbocycles. The Bertz CT molecular complexity index is 448. The summed E-state index contributed by atoms with van der Waals surface area (Å²) in [5.41, 5.74) is 1.26. The molecule has 1 fully saturated rings. The van der Waals surface area contributed by atoms with Crippen molar-refractivity contribution in [2.24, 2.45) is 0 Å². The van der Waals surface area contributed by atoms with Crippen LogP contribution in [0.2, 0.25) is 0 Å². The van der Waals surface area contributed by atoms with Gasteiger partial charge in [-0.25, -0.2) is 0 Å². The molecule has 0 aromatic heterocycles. The van der Waals surface area contributed by atoms with Crippen LogP contribution in [0.15, 0.2) is 24.3 Å². The molecule has 0 spiro atoms. The second-order valence-corrected chi connectivity index (χ2v) is 5.74. The molecule has 1 aromatic carbocycles. The Hall–Kier alpha value is -1.51. The summed E-state index contributed by atoms with van der Waals surface area (Å²) in [6.45, 7) is 7.93. The molecule has 1 amide bonds. The molecule has 1 aromatic rings. The number of carbonyl (C=O) groups is 1. The summed E-state index contributed by atoms with van der Waals surface area (Å²) in [7, 11) is 0. The molecule has 3 nitrogen and oxygen atoms in total. The molecule has 110 valence electrons. The molecule has 3 heteroatoms. The van der Waals surface area contributed by atoms with Gasteiger partial charge in [-0.05, 0) is 17.5 Å². The van der Waals surface area contributed by atoms with Crippen LogP contribution in [0.1, 0.15) is 51.5 Å². The highest BCUT2D eigenvalue weighted by molar-refractivity contribution is 5.75. The van der Waals surface area contributed by atoms with Crippen molar-refractivity contribution in [3.8, 4) is 5.75 Å². The van der Waals surface area contributed by atoms with Gasteiger partial charge in [0.15, 0.2) is 0 Å². The number of rotatable bonds is 4. The van der Waals surface area contributed by atoms with Crippen LogP contribution in [-0.2, 0) is 4.79 Å². The molecule has 0 unspecified atom stereocenters. The normalized spacial score (nSPS) is 16.5. The topological polar surface area (TPSA) is 29.5 Å². The second kappa shape index (κ2) is 6.78. The van der Waals surface area contributed by atoms with Crippen LogP contribution in [0.25, 0.3) is 0 Å². The summed E-state index contributed by atoms with van der Waals surface area (Å²) in [5, 5.41) is 0. The van der Waals surface area contributed by atoms with Crippen LogP contribution in [0.3, 0.4) is 0 Å². The van der Waals surface area contributed by atoms with E-state index in [0.29, 0.717) is 12.3 Å². The van der Waals surface area contributed by atoms with E-state index in [1.165, 1.54) is 5.56 Å². The van der Waals surface area contributed by atoms with Crippen LogP contribution in [0, 0.1) is 0 Å². The highest BCUT2D eigenvalue weighted by Crippen LogP contribution is 2.28. The molecule has 1 heterocycles. The van der Waals surface area contributed by atoms with Crippen LogP contribution in [0.5, 0.6) is 5.75 Å². The van der Waals surface area contributed by atoms with E-state index < -0.39 is 0 Å². The van der Waals surface area contributed by atoms with Crippen molar-refractivity contribution in [2.45, 2.75) is 52.1 Å². The van der Waals surface area contributed by atoms with E-state index in [0.717, 1.165) is 31.7 Å². The molecule has 20 heavy (non-hydrogen) atoms. The van der Waals surface area contributed by atoms with Crippen molar-refractivity contribution in [3.63, 3.8) is 0 Å². The lowest BCUT2D eigenvalue weighted by molar-refractivity contribution is -0.132. The fourth-order valence-corrected chi connectivity index (χ4v) is 2.69. The minimum Gasteiger partial charge on any atom is -0.490 e. The van der Waals surface area contributed by atoms with Crippen molar-refractivity contribution in [2.75, 3.05) is 13.1 Å². The highest BCUT2D eigenvalue weighted by Gasteiger charge is 2.23. The maximum atomic E-state index is 11.7. The van der Waals surface area contributed by atoms with E-state index in [1.54, 1.807) is 0 Å². The lowest BCUT2D eigenvalue weighted by Gasteiger charge is -2.32. The van der Waals surface area contributed by atoms with Gasteiger partial charge in [0.2, 0.25) is 5.91 Å². The zero-order chi connectivity index (χ0) is 14.5. The Kier molecular flexibility index (Phi) is 5.05. The number of ether oxygens (including phenoxy) is 1. The highest BCUT2D eigenvalue weighted by atomic mass is 16.5. The first-order valence-corrected chi connectivity index (χ1v) is 7.65. The van der Waals surface area contributed by atoms with E-state index in [4.69, 9.17) is 4.74 Å². The predicted molar refractivity (Wildman–Crippen MR) is 81.1 cm³/mol. The van der Waals surface area contributed by atoms with Gasteiger partial charge in [0, 0.05) is 32.4 Å². The zero-order valence-electron chi connectivity index (χ0n) is 12.8. The molecule has 1 aliphatic heterocycles. The summed E-state index contributed by atoms with van der Waals surface area (Å²) < 4.78 is 6.17. The van der Waals surface area contributed by atoms with Gasteiger partial charge in [0.25, 0.3) is 0 Å². The molecule has 0 saturated carbocycles. The van der Waals surface area contributed by atoms with Crippen LogP contribution in [-0.4, -0.2) is 30.0 Å². The zero-order valence-corrected chi connectivity index (χ0v) is 12.8. The molecular weight excluding hydrogens is 250 g/mol. The summed E-state index contributed by atoms with van der Waals surface area (Å²) >= 11 is 0. The van der Waals surface area contributed by atoms with Crippen molar-refractivity contribution >= 4 is 5.91 Å². The quantitative estimate of drug-likeness (QED) is 0.840. The minimum absolute atomic E-state index is 0.232. The van der Waals surface area contributed by atoms with E-state index in [9.17, 15) is 4.79 Å². The largest absolute Gasteiger partial charge is 0.490 e. The number of carbonyl (C=O) groups excluding carboxylic acids is 1. The smallest absolute Gasteiger partial charge is 0.222 e. The Morgan fingerprint density at radius 2 is 1.95 bits per heavy atom. The first-order chi connectivity index (χ1) is 9.61. The van der Waals surface area contributed by atoms with Crippen LogP contribution >= 0.6 is 0 Å². The number of amides is 1. The van der Waals surface area contributed by atoms with Gasteiger partial charge >= 0.3 is 0 Å². The van der Waals surface area contributed by atoms with Crippen molar-refractivity contribution < 1.29 is 9.53 Å². The van der Waals surface area contributed by atoms with Crippen molar-refractivity contribution in [3.05, 3.63) is 29.8 Å². The number of benzene rings is 1. The maximum Gasteiger partial charge on any atom is 0.222 e. The maximum absolute atomic E-state index is 11.7. The summed E-state index contributed by atoms with van der Waals surface area (Å²) in [6, 6.07) is 8.27. The van der Waals surface area contributed by atoms with Gasteiger partial charge in [0.05, 0.1) is 0 Å². The number of para-hydroxylation sites is 1. The van der Waals surface area contributed by atoms with E-state index in [-0.39, 0.29) is 12.0 Å². The molecule has 0 radical (unpaired) electrons. The second-order valence-electron chi connectivity index (χ2n) is 5.74. The summed E-state index contributed by atoms with van der Waals surface area (Å²) in [5.74, 6) is 1.72. The van der Waals surface area contributed by atoms with E-state index in [1.807, 2.05) is 17.9 Å². The third kappa shape index (κ3) is 3.53. The van der Waals surface area contributed by atoms with Gasteiger partial charge in [-0.2, -0.15) is 0 Å². The lowest BCUT2D eigenvalue weighted by atomic mass is 10.0. The number of hydrogen-bond acceptors (Lipinski definition) is 2.